The van der Waals surface area contributed by atoms with Crippen LogP contribution in [0.15, 0.2) is 48.5 Å². The summed E-state index contributed by atoms with van der Waals surface area (Å²) in [6.45, 7) is 7.00. The quantitative estimate of drug-likeness (QED) is 0.299. The van der Waals surface area contributed by atoms with Gasteiger partial charge in [-0.05, 0) is 67.6 Å². The second-order valence-electron chi connectivity index (χ2n) is 8.89. The molecular weight excluding hydrogens is 507 g/mol. The predicted octanol–water partition coefficient (Wildman–Crippen LogP) is 5.93. The summed E-state index contributed by atoms with van der Waals surface area (Å²) in [5.74, 6) is -0.356. The molecule has 0 fully saturated rings. The molecule has 1 unspecified atom stereocenters. The number of carboxylic acid groups (broad SMARTS) is 1. The van der Waals surface area contributed by atoms with E-state index in [9.17, 15) is 27.9 Å². The highest BCUT2D eigenvalue weighted by molar-refractivity contribution is 5.72. The summed E-state index contributed by atoms with van der Waals surface area (Å²) in [6, 6.07) is 11.5. The first-order valence-corrected chi connectivity index (χ1v) is 12.4. The maximum Gasteiger partial charge on any atom is 0.573 e. The summed E-state index contributed by atoms with van der Waals surface area (Å²) < 4.78 is 57.2. The molecule has 1 amide bonds. The van der Waals surface area contributed by atoms with Gasteiger partial charge < -0.3 is 29.0 Å². The third kappa shape index (κ3) is 11.7. The second-order valence-corrected chi connectivity index (χ2v) is 8.89. The third-order valence-corrected chi connectivity index (χ3v) is 5.35. The number of carboxylic acids is 1. The van der Waals surface area contributed by atoms with E-state index < -0.39 is 30.3 Å². The molecule has 1 N–H and O–H groups in total. The van der Waals surface area contributed by atoms with Gasteiger partial charge in [0.05, 0.1) is 6.54 Å². The molecule has 0 aromatic heterocycles. The van der Waals surface area contributed by atoms with E-state index in [1.165, 1.54) is 17.0 Å². The van der Waals surface area contributed by atoms with Crippen molar-refractivity contribution < 1.29 is 46.8 Å². The van der Waals surface area contributed by atoms with Gasteiger partial charge in [0, 0.05) is 19.6 Å². The number of alkyl halides is 3. The molecule has 0 bridgehead atoms. The van der Waals surface area contributed by atoms with Crippen molar-refractivity contribution in [3.8, 4) is 17.2 Å². The first-order chi connectivity index (χ1) is 18.0. The molecule has 2 rings (SSSR count). The summed E-state index contributed by atoms with van der Waals surface area (Å²) in [5.41, 5.74) is 0.781. The molecular formula is C27H34F3NO7. The molecule has 0 aliphatic heterocycles. The molecule has 0 spiro atoms. The van der Waals surface area contributed by atoms with Crippen molar-refractivity contribution in [1.82, 2.24) is 4.90 Å². The van der Waals surface area contributed by atoms with Crippen LogP contribution in [0.1, 0.15) is 39.2 Å². The number of halogens is 3. The normalized spacial score (nSPS) is 12.2. The van der Waals surface area contributed by atoms with Gasteiger partial charge >= 0.3 is 18.4 Å². The van der Waals surface area contributed by atoms with E-state index >= 15 is 0 Å². The minimum absolute atomic E-state index is 0.0848. The van der Waals surface area contributed by atoms with Crippen LogP contribution in [0, 0.1) is 5.92 Å². The molecule has 0 radical (unpaired) electrons. The fourth-order valence-electron chi connectivity index (χ4n) is 3.49. The molecule has 2 aromatic rings. The van der Waals surface area contributed by atoms with Crippen LogP contribution in [0.25, 0.3) is 0 Å². The zero-order valence-electron chi connectivity index (χ0n) is 21.7. The molecule has 11 heteroatoms. The van der Waals surface area contributed by atoms with Gasteiger partial charge in [0.1, 0.15) is 23.9 Å². The molecule has 0 aliphatic carbocycles. The molecule has 38 heavy (non-hydrogen) atoms. The number of amides is 1. The Labute approximate surface area is 220 Å². The molecule has 210 valence electrons. The fourth-order valence-corrected chi connectivity index (χ4v) is 3.49. The van der Waals surface area contributed by atoms with E-state index in [2.05, 4.69) is 18.6 Å². The van der Waals surface area contributed by atoms with Gasteiger partial charge in [-0.2, -0.15) is 0 Å². The van der Waals surface area contributed by atoms with E-state index in [1.807, 2.05) is 0 Å². The molecule has 1 atom stereocenters. The summed E-state index contributed by atoms with van der Waals surface area (Å²) in [6.07, 6.45) is -4.52. The standard InChI is InChI=1S/C27H34F3NO7/c1-4-35-24(25(32)33)18-20-7-9-21(10-8-20)36-17-16-31(15-5-6-19(2)3)26(34)37-22-11-13-23(14-12-22)38-27(28,29)30/h7-14,19,24H,4-6,15-18H2,1-3H3,(H,32,33). The number of carbonyl (C=O) groups is 2. The van der Waals surface area contributed by atoms with Gasteiger partial charge in [-0.15, -0.1) is 13.2 Å². The number of rotatable bonds is 15. The number of nitrogens with zero attached hydrogens (tertiary/aromatic N) is 1. The second kappa shape index (κ2) is 15.1. The van der Waals surface area contributed by atoms with Gasteiger partial charge in [0.15, 0.2) is 6.10 Å². The molecule has 0 saturated heterocycles. The Morgan fingerprint density at radius 1 is 0.947 bits per heavy atom. The Morgan fingerprint density at radius 3 is 2.11 bits per heavy atom. The van der Waals surface area contributed by atoms with E-state index in [1.54, 1.807) is 31.2 Å². The number of carbonyl (C=O) groups excluding carboxylic acids is 1. The molecule has 0 heterocycles. The van der Waals surface area contributed by atoms with Crippen LogP contribution >= 0.6 is 0 Å². The van der Waals surface area contributed by atoms with E-state index in [4.69, 9.17) is 14.2 Å². The lowest BCUT2D eigenvalue weighted by molar-refractivity contribution is -0.274. The van der Waals surface area contributed by atoms with Crippen molar-refractivity contribution in [2.24, 2.45) is 5.92 Å². The highest BCUT2D eigenvalue weighted by atomic mass is 19.4. The zero-order chi connectivity index (χ0) is 28.1. The molecule has 0 aliphatic rings. The van der Waals surface area contributed by atoms with Crippen molar-refractivity contribution in [2.45, 2.75) is 52.5 Å². The van der Waals surface area contributed by atoms with Crippen molar-refractivity contribution in [3.05, 3.63) is 54.1 Å². The van der Waals surface area contributed by atoms with Crippen LogP contribution in [0.2, 0.25) is 0 Å². The van der Waals surface area contributed by atoms with Gasteiger partial charge in [-0.1, -0.05) is 26.0 Å². The van der Waals surface area contributed by atoms with E-state index in [0.717, 1.165) is 30.5 Å². The van der Waals surface area contributed by atoms with Crippen LogP contribution in [-0.2, 0) is 16.0 Å². The topological polar surface area (TPSA) is 94.5 Å². The molecule has 0 saturated carbocycles. The first-order valence-electron chi connectivity index (χ1n) is 12.4. The van der Waals surface area contributed by atoms with Crippen LogP contribution in [0.5, 0.6) is 17.2 Å². The number of benzene rings is 2. The summed E-state index contributed by atoms with van der Waals surface area (Å²) in [4.78, 5) is 25.5. The fraction of sp³-hybridized carbons (Fsp3) is 0.481. The Morgan fingerprint density at radius 2 is 1.55 bits per heavy atom. The minimum Gasteiger partial charge on any atom is -0.492 e. The van der Waals surface area contributed by atoms with Crippen LogP contribution in [-0.4, -0.2) is 60.8 Å². The smallest absolute Gasteiger partial charge is 0.492 e. The number of hydrogen-bond acceptors (Lipinski definition) is 6. The lowest BCUT2D eigenvalue weighted by Gasteiger charge is -2.22. The first kappa shape index (κ1) is 30.8. The van der Waals surface area contributed by atoms with Crippen LogP contribution in [0.4, 0.5) is 18.0 Å². The maximum absolute atomic E-state index is 12.8. The number of ether oxygens (including phenoxy) is 4. The lowest BCUT2D eigenvalue weighted by atomic mass is 10.1. The summed E-state index contributed by atoms with van der Waals surface area (Å²) in [5, 5.41) is 9.23. The lowest BCUT2D eigenvalue weighted by Crippen LogP contribution is -2.37. The number of aliphatic carboxylic acids is 1. The number of hydrogen-bond donors (Lipinski definition) is 1. The monoisotopic (exact) mass is 541 g/mol. The average molecular weight is 542 g/mol. The van der Waals surface area contributed by atoms with Gasteiger partial charge in [-0.25, -0.2) is 9.59 Å². The van der Waals surface area contributed by atoms with E-state index in [0.29, 0.717) is 24.8 Å². The van der Waals surface area contributed by atoms with Crippen LogP contribution in [0.3, 0.4) is 0 Å². The van der Waals surface area contributed by atoms with Crippen LogP contribution < -0.4 is 14.2 Å². The highest BCUT2D eigenvalue weighted by Crippen LogP contribution is 2.25. The van der Waals surface area contributed by atoms with Crippen molar-refractivity contribution in [1.29, 1.82) is 0 Å². The minimum atomic E-state index is -4.81. The molecule has 8 nitrogen and oxygen atoms in total. The third-order valence-electron chi connectivity index (χ3n) is 5.35. The highest BCUT2D eigenvalue weighted by Gasteiger charge is 2.31. The van der Waals surface area contributed by atoms with Gasteiger partial charge in [-0.3, -0.25) is 0 Å². The predicted molar refractivity (Wildman–Crippen MR) is 133 cm³/mol. The van der Waals surface area contributed by atoms with Crippen molar-refractivity contribution >= 4 is 12.1 Å². The summed E-state index contributed by atoms with van der Waals surface area (Å²) in [7, 11) is 0. The largest absolute Gasteiger partial charge is 0.573 e. The Hall–Kier alpha value is -3.47. The van der Waals surface area contributed by atoms with Crippen molar-refractivity contribution in [3.63, 3.8) is 0 Å². The SMILES string of the molecule is CCOC(Cc1ccc(OCCN(CCCC(C)C)C(=O)Oc2ccc(OC(F)(F)F)cc2)cc1)C(=O)O. The van der Waals surface area contributed by atoms with E-state index in [-0.39, 0.29) is 25.3 Å². The van der Waals surface area contributed by atoms with Gasteiger partial charge in [0.25, 0.3) is 0 Å². The van der Waals surface area contributed by atoms with Crippen molar-refractivity contribution in [2.75, 3.05) is 26.3 Å². The Kier molecular flexibility index (Phi) is 12.2. The van der Waals surface area contributed by atoms with Gasteiger partial charge in [0.2, 0.25) is 0 Å². The Balaban J connectivity index is 1.94. The Bertz CT molecular complexity index is 995. The average Bonchev–Trinajstić information content (AvgIpc) is 2.83. The molecule has 2 aromatic carbocycles. The maximum atomic E-state index is 12.8. The zero-order valence-corrected chi connectivity index (χ0v) is 21.7. The summed E-state index contributed by atoms with van der Waals surface area (Å²) >= 11 is 0.